The molecule has 3 nitrogen and oxygen atoms in total. The van der Waals surface area contributed by atoms with Crippen molar-refractivity contribution in [3.05, 3.63) is 22.8 Å². The molecule has 0 amide bonds. The molecule has 1 aliphatic carbocycles. The predicted molar refractivity (Wildman–Crippen MR) is 58.6 cm³/mol. The first-order valence-corrected chi connectivity index (χ1v) is 5.18. The number of halogens is 1. The van der Waals surface area contributed by atoms with Gasteiger partial charge >= 0.3 is 0 Å². The van der Waals surface area contributed by atoms with Crippen molar-refractivity contribution >= 4 is 17.4 Å². The Morgan fingerprint density at radius 2 is 2.36 bits per heavy atom. The van der Waals surface area contributed by atoms with Gasteiger partial charge in [-0.25, -0.2) is 4.98 Å². The van der Waals surface area contributed by atoms with Gasteiger partial charge in [-0.2, -0.15) is 0 Å². The third-order valence-corrected chi connectivity index (χ3v) is 3.01. The van der Waals surface area contributed by atoms with Crippen LogP contribution in [0, 0.1) is 0 Å². The second-order valence-corrected chi connectivity index (χ2v) is 4.03. The summed E-state index contributed by atoms with van der Waals surface area (Å²) in [5.41, 5.74) is 6.54. The fraction of sp³-hybridized carbons (Fsp3) is 0.500. The highest BCUT2D eigenvalue weighted by atomic mass is 35.5. The first kappa shape index (κ1) is 9.74. The van der Waals surface area contributed by atoms with Gasteiger partial charge in [0.1, 0.15) is 5.82 Å². The molecule has 1 aliphatic rings. The number of rotatable bonds is 3. The maximum atomic E-state index is 6.19. The van der Waals surface area contributed by atoms with Crippen LogP contribution in [0.15, 0.2) is 12.3 Å². The summed E-state index contributed by atoms with van der Waals surface area (Å²) in [6.07, 6.45) is 4.24. The third-order valence-electron chi connectivity index (χ3n) is 2.60. The zero-order valence-corrected chi connectivity index (χ0v) is 8.96. The Balaban J connectivity index is 2.31. The lowest BCUT2D eigenvalue weighted by molar-refractivity contribution is 0.887. The van der Waals surface area contributed by atoms with Crippen molar-refractivity contribution in [2.24, 2.45) is 5.73 Å². The maximum absolute atomic E-state index is 6.19. The standard InChI is InChI=1S/C10H14ClN3/c1-14(8-2-3-8)10-9(11)7(6-12)4-5-13-10/h4-5,8H,2-3,6,12H2,1H3. The first-order chi connectivity index (χ1) is 6.74. The van der Waals surface area contributed by atoms with Gasteiger partial charge in [-0.3, -0.25) is 0 Å². The van der Waals surface area contributed by atoms with Gasteiger partial charge in [-0.15, -0.1) is 0 Å². The van der Waals surface area contributed by atoms with Crippen LogP contribution in [0.1, 0.15) is 18.4 Å². The van der Waals surface area contributed by atoms with Crippen LogP contribution >= 0.6 is 11.6 Å². The highest BCUT2D eigenvalue weighted by Crippen LogP contribution is 2.33. The van der Waals surface area contributed by atoms with Crippen LogP contribution in [-0.2, 0) is 6.54 Å². The number of hydrogen-bond acceptors (Lipinski definition) is 3. The average Bonchev–Trinajstić information content (AvgIpc) is 3.00. The van der Waals surface area contributed by atoms with Crippen LogP contribution in [-0.4, -0.2) is 18.1 Å². The predicted octanol–water partition coefficient (Wildman–Crippen LogP) is 1.79. The highest BCUT2D eigenvalue weighted by molar-refractivity contribution is 6.33. The molecule has 0 atom stereocenters. The van der Waals surface area contributed by atoms with Crippen LogP contribution in [0.5, 0.6) is 0 Å². The molecule has 0 aromatic carbocycles. The second-order valence-electron chi connectivity index (χ2n) is 3.65. The number of hydrogen-bond donors (Lipinski definition) is 1. The number of aromatic nitrogens is 1. The summed E-state index contributed by atoms with van der Waals surface area (Å²) in [7, 11) is 2.03. The fourth-order valence-corrected chi connectivity index (χ4v) is 1.83. The van der Waals surface area contributed by atoms with Crippen molar-refractivity contribution in [1.82, 2.24) is 4.98 Å². The summed E-state index contributed by atoms with van der Waals surface area (Å²) in [4.78, 5) is 6.43. The molecular formula is C10H14ClN3. The fourth-order valence-electron chi connectivity index (χ4n) is 1.51. The van der Waals surface area contributed by atoms with Gasteiger partial charge < -0.3 is 10.6 Å². The van der Waals surface area contributed by atoms with E-state index in [-0.39, 0.29) is 0 Å². The minimum Gasteiger partial charge on any atom is -0.355 e. The third kappa shape index (κ3) is 1.70. The van der Waals surface area contributed by atoms with Gasteiger partial charge in [0.25, 0.3) is 0 Å². The molecule has 2 N–H and O–H groups in total. The first-order valence-electron chi connectivity index (χ1n) is 4.80. The lowest BCUT2D eigenvalue weighted by Crippen LogP contribution is -2.21. The Labute approximate surface area is 88.9 Å². The van der Waals surface area contributed by atoms with Crippen LogP contribution in [0.2, 0.25) is 5.02 Å². The van der Waals surface area contributed by atoms with Crippen molar-refractivity contribution < 1.29 is 0 Å². The quantitative estimate of drug-likeness (QED) is 0.829. The van der Waals surface area contributed by atoms with Gasteiger partial charge in [-0.05, 0) is 24.5 Å². The smallest absolute Gasteiger partial charge is 0.147 e. The van der Waals surface area contributed by atoms with E-state index < -0.39 is 0 Å². The van der Waals surface area contributed by atoms with Crippen LogP contribution in [0.4, 0.5) is 5.82 Å². The highest BCUT2D eigenvalue weighted by Gasteiger charge is 2.28. The van der Waals surface area contributed by atoms with E-state index in [4.69, 9.17) is 17.3 Å². The van der Waals surface area contributed by atoms with E-state index in [9.17, 15) is 0 Å². The van der Waals surface area contributed by atoms with Gasteiger partial charge in [0.2, 0.25) is 0 Å². The van der Waals surface area contributed by atoms with E-state index in [1.807, 2.05) is 13.1 Å². The van der Waals surface area contributed by atoms with Gasteiger partial charge in [0.05, 0.1) is 5.02 Å². The molecule has 0 bridgehead atoms. The van der Waals surface area contributed by atoms with Crippen molar-refractivity contribution in [2.75, 3.05) is 11.9 Å². The van der Waals surface area contributed by atoms with Crippen molar-refractivity contribution in [2.45, 2.75) is 25.4 Å². The van der Waals surface area contributed by atoms with E-state index in [2.05, 4.69) is 9.88 Å². The summed E-state index contributed by atoms with van der Waals surface area (Å²) in [5.74, 6) is 0.858. The van der Waals surface area contributed by atoms with Crippen LogP contribution in [0.3, 0.4) is 0 Å². The van der Waals surface area contributed by atoms with Crippen molar-refractivity contribution in [1.29, 1.82) is 0 Å². The van der Waals surface area contributed by atoms with E-state index in [0.717, 1.165) is 11.4 Å². The molecule has 0 saturated heterocycles. The van der Waals surface area contributed by atoms with E-state index in [0.29, 0.717) is 17.6 Å². The van der Waals surface area contributed by atoms with E-state index in [1.54, 1.807) is 6.20 Å². The molecular weight excluding hydrogens is 198 g/mol. The molecule has 1 saturated carbocycles. The molecule has 0 aliphatic heterocycles. The zero-order chi connectivity index (χ0) is 10.1. The summed E-state index contributed by atoms with van der Waals surface area (Å²) in [5, 5.41) is 0.699. The lowest BCUT2D eigenvalue weighted by atomic mass is 10.2. The van der Waals surface area contributed by atoms with E-state index in [1.165, 1.54) is 12.8 Å². The minimum absolute atomic E-state index is 0.465. The van der Waals surface area contributed by atoms with Gasteiger partial charge in [0.15, 0.2) is 0 Å². The Morgan fingerprint density at radius 1 is 1.64 bits per heavy atom. The molecule has 2 rings (SSSR count). The summed E-state index contributed by atoms with van der Waals surface area (Å²) < 4.78 is 0. The number of nitrogens with zero attached hydrogens (tertiary/aromatic N) is 2. The van der Waals surface area contributed by atoms with Crippen molar-refractivity contribution in [3.8, 4) is 0 Å². The molecule has 0 spiro atoms. The molecule has 1 fully saturated rings. The molecule has 4 heteroatoms. The SMILES string of the molecule is CN(c1nccc(CN)c1Cl)C1CC1. The number of nitrogens with two attached hydrogens (primary N) is 1. The molecule has 1 aromatic rings. The Hall–Kier alpha value is -0.800. The number of pyridine rings is 1. The Morgan fingerprint density at radius 3 is 2.93 bits per heavy atom. The molecule has 1 aromatic heterocycles. The molecule has 14 heavy (non-hydrogen) atoms. The van der Waals surface area contributed by atoms with Crippen LogP contribution in [0.25, 0.3) is 0 Å². The lowest BCUT2D eigenvalue weighted by Gasteiger charge is -2.19. The normalized spacial score (nSPS) is 15.6. The molecule has 76 valence electrons. The topological polar surface area (TPSA) is 42.2 Å². The summed E-state index contributed by atoms with van der Waals surface area (Å²) in [6, 6.07) is 2.49. The number of anilines is 1. The molecule has 1 heterocycles. The largest absolute Gasteiger partial charge is 0.355 e. The van der Waals surface area contributed by atoms with E-state index >= 15 is 0 Å². The zero-order valence-electron chi connectivity index (χ0n) is 8.20. The monoisotopic (exact) mass is 211 g/mol. The Bertz CT molecular complexity index is 336. The summed E-state index contributed by atoms with van der Waals surface area (Å²) in [6.45, 7) is 0.465. The molecule has 0 unspecified atom stereocenters. The second kappa shape index (κ2) is 3.75. The molecule has 0 radical (unpaired) electrons. The maximum Gasteiger partial charge on any atom is 0.147 e. The van der Waals surface area contributed by atoms with Crippen LogP contribution < -0.4 is 10.6 Å². The van der Waals surface area contributed by atoms with Gasteiger partial charge in [0, 0.05) is 25.8 Å². The van der Waals surface area contributed by atoms with Gasteiger partial charge in [-0.1, -0.05) is 11.6 Å². The van der Waals surface area contributed by atoms with Crippen molar-refractivity contribution in [3.63, 3.8) is 0 Å². The minimum atomic E-state index is 0.465. The average molecular weight is 212 g/mol. The summed E-state index contributed by atoms with van der Waals surface area (Å²) >= 11 is 6.19. The Kier molecular flexibility index (Phi) is 2.61.